The topological polar surface area (TPSA) is 30.5 Å². The minimum Gasteiger partial charge on any atom is -0.493 e. The number of ether oxygens (including phenoxy) is 2. The van der Waals surface area contributed by atoms with Crippen molar-refractivity contribution in [3.63, 3.8) is 0 Å². The van der Waals surface area contributed by atoms with Gasteiger partial charge in [-0.3, -0.25) is 0 Å². The van der Waals surface area contributed by atoms with Crippen molar-refractivity contribution in [1.29, 1.82) is 0 Å². The Morgan fingerprint density at radius 2 is 1.96 bits per heavy atom. The molecule has 2 aromatic rings. The van der Waals surface area contributed by atoms with E-state index in [2.05, 4.69) is 18.0 Å². The SMILES string of the molecule is C=CCc1cc(CNCCc2ccc(Cl)cc2Cl)cc(OC)c1OCC. The fraction of sp³-hybridized carbons (Fsp3) is 0.333. The van der Waals surface area contributed by atoms with Gasteiger partial charge in [0.2, 0.25) is 0 Å². The molecule has 0 atom stereocenters. The van der Waals surface area contributed by atoms with Crippen LogP contribution in [0.3, 0.4) is 0 Å². The van der Waals surface area contributed by atoms with Gasteiger partial charge in [0.05, 0.1) is 13.7 Å². The Hall–Kier alpha value is -1.68. The van der Waals surface area contributed by atoms with Crippen LogP contribution in [0.25, 0.3) is 0 Å². The third kappa shape index (κ3) is 5.66. The molecule has 2 rings (SSSR count). The van der Waals surface area contributed by atoms with Gasteiger partial charge in [0, 0.05) is 22.2 Å². The Balaban J connectivity index is 2.02. The number of nitrogens with one attached hydrogen (secondary N) is 1. The second-order valence-electron chi connectivity index (χ2n) is 5.87. The molecule has 0 aliphatic heterocycles. The third-order valence-electron chi connectivity index (χ3n) is 3.98. The van der Waals surface area contributed by atoms with E-state index in [0.717, 1.165) is 54.1 Å². The summed E-state index contributed by atoms with van der Waals surface area (Å²) in [5.74, 6) is 1.55. The van der Waals surface area contributed by atoms with E-state index in [1.807, 2.05) is 31.2 Å². The molecular weight excluding hydrogens is 369 g/mol. The summed E-state index contributed by atoms with van der Waals surface area (Å²) in [4.78, 5) is 0. The number of halogens is 2. The highest BCUT2D eigenvalue weighted by Crippen LogP contribution is 2.33. The van der Waals surface area contributed by atoms with Gasteiger partial charge in [-0.05, 0) is 55.6 Å². The summed E-state index contributed by atoms with van der Waals surface area (Å²) in [6.45, 7) is 7.94. The van der Waals surface area contributed by atoms with Gasteiger partial charge in [-0.25, -0.2) is 0 Å². The van der Waals surface area contributed by atoms with Crippen molar-refractivity contribution in [2.45, 2.75) is 26.3 Å². The quantitative estimate of drug-likeness (QED) is 0.429. The Morgan fingerprint density at radius 3 is 2.62 bits per heavy atom. The minimum absolute atomic E-state index is 0.597. The molecular formula is C21H25Cl2NO2. The van der Waals surface area contributed by atoms with Crippen LogP contribution in [0.5, 0.6) is 11.5 Å². The Labute approximate surface area is 165 Å². The number of hydrogen-bond donors (Lipinski definition) is 1. The van der Waals surface area contributed by atoms with Crippen LogP contribution < -0.4 is 14.8 Å². The standard InChI is InChI=1S/C21H25Cl2NO2/c1-4-6-17-11-15(12-20(25-3)21(17)26-5-2)14-24-10-9-16-7-8-18(22)13-19(16)23/h4,7-8,11-13,24H,1,5-6,9-10,14H2,2-3H3. The zero-order valence-electron chi connectivity index (χ0n) is 15.3. The number of methoxy groups -OCH3 is 1. The number of benzene rings is 2. The molecule has 3 nitrogen and oxygen atoms in total. The van der Waals surface area contributed by atoms with Gasteiger partial charge in [0.25, 0.3) is 0 Å². The van der Waals surface area contributed by atoms with Gasteiger partial charge in [0.1, 0.15) is 0 Å². The van der Waals surface area contributed by atoms with Crippen LogP contribution in [0.2, 0.25) is 10.0 Å². The lowest BCUT2D eigenvalue weighted by Crippen LogP contribution is -2.17. The van der Waals surface area contributed by atoms with E-state index in [4.69, 9.17) is 32.7 Å². The average Bonchev–Trinajstić information content (AvgIpc) is 2.62. The summed E-state index contributed by atoms with van der Waals surface area (Å²) < 4.78 is 11.3. The first-order valence-electron chi connectivity index (χ1n) is 8.67. The summed E-state index contributed by atoms with van der Waals surface area (Å²) in [5, 5.41) is 4.81. The predicted octanol–water partition coefficient (Wildman–Crippen LogP) is 5.46. The van der Waals surface area contributed by atoms with Crippen LogP contribution in [0.4, 0.5) is 0 Å². The molecule has 140 valence electrons. The first-order chi connectivity index (χ1) is 12.6. The number of rotatable bonds is 10. The molecule has 0 heterocycles. The fourth-order valence-corrected chi connectivity index (χ4v) is 3.28. The molecule has 0 aliphatic carbocycles. The van der Waals surface area contributed by atoms with E-state index < -0.39 is 0 Å². The van der Waals surface area contributed by atoms with Crippen molar-refractivity contribution in [3.05, 3.63) is 69.7 Å². The molecule has 0 saturated heterocycles. The second kappa shape index (κ2) is 10.5. The van der Waals surface area contributed by atoms with Crippen LogP contribution in [-0.2, 0) is 19.4 Å². The van der Waals surface area contributed by atoms with E-state index in [9.17, 15) is 0 Å². The molecule has 0 aromatic heterocycles. The van der Waals surface area contributed by atoms with Gasteiger partial charge < -0.3 is 14.8 Å². The van der Waals surface area contributed by atoms with Crippen molar-refractivity contribution in [3.8, 4) is 11.5 Å². The van der Waals surface area contributed by atoms with E-state index in [1.54, 1.807) is 13.2 Å². The molecule has 0 aliphatic rings. The highest BCUT2D eigenvalue weighted by molar-refractivity contribution is 6.35. The normalized spacial score (nSPS) is 10.6. The smallest absolute Gasteiger partial charge is 0.164 e. The highest BCUT2D eigenvalue weighted by Gasteiger charge is 2.12. The maximum Gasteiger partial charge on any atom is 0.164 e. The van der Waals surface area contributed by atoms with Crippen molar-refractivity contribution < 1.29 is 9.47 Å². The molecule has 2 aromatic carbocycles. The summed E-state index contributed by atoms with van der Waals surface area (Å²) in [5.41, 5.74) is 3.31. The van der Waals surface area contributed by atoms with Crippen LogP contribution in [0.1, 0.15) is 23.6 Å². The lowest BCUT2D eigenvalue weighted by atomic mass is 10.1. The zero-order valence-corrected chi connectivity index (χ0v) is 16.8. The Bertz CT molecular complexity index is 747. The molecule has 0 bridgehead atoms. The molecule has 0 fully saturated rings. The molecule has 1 N–H and O–H groups in total. The molecule has 26 heavy (non-hydrogen) atoms. The molecule has 0 radical (unpaired) electrons. The number of allylic oxidation sites excluding steroid dienone is 1. The van der Waals surface area contributed by atoms with Crippen LogP contribution in [-0.4, -0.2) is 20.3 Å². The van der Waals surface area contributed by atoms with Crippen LogP contribution in [0, 0.1) is 0 Å². The molecule has 0 unspecified atom stereocenters. The first kappa shape index (κ1) is 20.6. The molecule has 0 spiro atoms. The lowest BCUT2D eigenvalue weighted by molar-refractivity contribution is 0.308. The van der Waals surface area contributed by atoms with Gasteiger partial charge in [-0.15, -0.1) is 6.58 Å². The van der Waals surface area contributed by atoms with E-state index in [0.29, 0.717) is 16.7 Å². The predicted molar refractivity (Wildman–Crippen MR) is 110 cm³/mol. The van der Waals surface area contributed by atoms with Gasteiger partial charge in [0.15, 0.2) is 11.5 Å². The monoisotopic (exact) mass is 393 g/mol. The van der Waals surface area contributed by atoms with E-state index >= 15 is 0 Å². The van der Waals surface area contributed by atoms with E-state index in [-0.39, 0.29) is 0 Å². The van der Waals surface area contributed by atoms with Crippen LogP contribution >= 0.6 is 23.2 Å². The molecule has 0 amide bonds. The molecule has 5 heteroatoms. The average molecular weight is 394 g/mol. The number of hydrogen-bond acceptors (Lipinski definition) is 3. The minimum atomic E-state index is 0.597. The summed E-state index contributed by atoms with van der Waals surface area (Å²) >= 11 is 12.1. The van der Waals surface area contributed by atoms with Crippen molar-refractivity contribution in [1.82, 2.24) is 5.32 Å². The van der Waals surface area contributed by atoms with Crippen molar-refractivity contribution in [2.75, 3.05) is 20.3 Å². The van der Waals surface area contributed by atoms with Gasteiger partial charge in [-0.1, -0.05) is 41.4 Å². The largest absolute Gasteiger partial charge is 0.493 e. The van der Waals surface area contributed by atoms with E-state index in [1.165, 1.54) is 0 Å². The van der Waals surface area contributed by atoms with Crippen LogP contribution in [0.15, 0.2) is 43.0 Å². The zero-order chi connectivity index (χ0) is 18.9. The first-order valence-corrected chi connectivity index (χ1v) is 9.42. The van der Waals surface area contributed by atoms with Gasteiger partial charge >= 0.3 is 0 Å². The fourth-order valence-electron chi connectivity index (χ4n) is 2.77. The summed E-state index contributed by atoms with van der Waals surface area (Å²) in [7, 11) is 1.66. The maximum atomic E-state index is 6.22. The highest BCUT2D eigenvalue weighted by atomic mass is 35.5. The summed E-state index contributed by atoms with van der Waals surface area (Å²) in [6.07, 6.45) is 3.45. The second-order valence-corrected chi connectivity index (χ2v) is 6.72. The lowest BCUT2D eigenvalue weighted by Gasteiger charge is -2.16. The third-order valence-corrected chi connectivity index (χ3v) is 4.57. The Morgan fingerprint density at radius 1 is 1.15 bits per heavy atom. The Kier molecular flexibility index (Phi) is 8.30. The van der Waals surface area contributed by atoms with Gasteiger partial charge in [-0.2, -0.15) is 0 Å². The van der Waals surface area contributed by atoms with Crippen molar-refractivity contribution >= 4 is 23.2 Å². The summed E-state index contributed by atoms with van der Waals surface area (Å²) in [6, 6.07) is 9.75. The van der Waals surface area contributed by atoms with Crippen molar-refractivity contribution in [2.24, 2.45) is 0 Å². The molecule has 0 saturated carbocycles. The maximum absolute atomic E-state index is 6.22.